The molecule has 138 valence electrons. The summed E-state index contributed by atoms with van der Waals surface area (Å²) >= 11 is 0. The minimum Gasteiger partial charge on any atom is -0.469 e. The number of hydrogen-bond donors (Lipinski definition) is 0. The number of aryl methyl sites for hydroxylation is 1. The normalized spacial score (nSPS) is 10.5. The molecule has 1 aromatic heterocycles. The van der Waals surface area contributed by atoms with Crippen LogP contribution in [0.5, 0.6) is 0 Å². The molecule has 0 saturated carbocycles. The number of para-hydroxylation sites is 1. The number of rotatable bonds is 7. The van der Waals surface area contributed by atoms with E-state index in [4.69, 9.17) is 0 Å². The number of aromatic nitrogens is 2. The van der Waals surface area contributed by atoms with E-state index in [-0.39, 0.29) is 12.4 Å². The number of likely N-dealkylation sites (N-methyl/N-ethyl adjacent to an activating group) is 1. The molecule has 7 heteroatoms. The highest BCUT2D eigenvalue weighted by Gasteiger charge is 2.27. The Hall–Kier alpha value is -2.96. The summed E-state index contributed by atoms with van der Waals surface area (Å²) < 4.78 is 6.23. The smallest absolute Gasteiger partial charge is 0.305 e. The van der Waals surface area contributed by atoms with Crippen LogP contribution in [0.1, 0.15) is 34.6 Å². The molecular formula is C19H23N3O4. The van der Waals surface area contributed by atoms with Crippen molar-refractivity contribution < 1.29 is 19.1 Å². The molecule has 0 spiro atoms. The summed E-state index contributed by atoms with van der Waals surface area (Å²) in [5.41, 5.74) is 2.27. The summed E-state index contributed by atoms with van der Waals surface area (Å²) in [6, 6.07) is 9.43. The van der Waals surface area contributed by atoms with Crippen LogP contribution in [0, 0.1) is 13.8 Å². The summed E-state index contributed by atoms with van der Waals surface area (Å²) in [5.74, 6) is -1.55. The maximum Gasteiger partial charge on any atom is 0.305 e. The fourth-order valence-electron chi connectivity index (χ4n) is 2.74. The zero-order valence-corrected chi connectivity index (χ0v) is 15.5. The lowest BCUT2D eigenvalue weighted by Gasteiger charge is -2.16. The maximum absolute atomic E-state index is 12.7. The number of benzene rings is 1. The average Bonchev–Trinajstić information content (AvgIpc) is 2.95. The number of esters is 1. The van der Waals surface area contributed by atoms with Crippen molar-refractivity contribution in [3.63, 3.8) is 0 Å². The van der Waals surface area contributed by atoms with Crippen LogP contribution in [0.25, 0.3) is 5.69 Å². The Labute approximate surface area is 152 Å². The van der Waals surface area contributed by atoms with Crippen molar-refractivity contribution in [3.05, 3.63) is 47.3 Å². The summed E-state index contributed by atoms with van der Waals surface area (Å²) in [5, 5.41) is 4.40. The molecule has 2 rings (SSSR count). The largest absolute Gasteiger partial charge is 0.469 e. The second kappa shape index (κ2) is 8.42. The highest BCUT2D eigenvalue weighted by atomic mass is 16.5. The van der Waals surface area contributed by atoms with E-state index in [0.717, 1.165) is 5.69 Å². The lowest BCUT2D eigenvalue weighted by atomic mass is 10.1. The Morgan fingerprint density at radius 2 is 1.81 bits per heavy atom. The van der Waals surface area contributed by atoms with E-state index in [0.29, 0.717) is 29.9 Å². The fraction of sp³-hybridized carbons (Fsp3) is 0.368. The second-order valence-corrected chi connectivity index (χ2v) is 6.03. The minimum atomic E-state index is -0.617. The van der Waals surface area contributed by atoms with Crippen LogP contribution in [0.15, 0.2) is 30.3 Å². The predicted octanol–water partition coefficient (Wildman–Crippen LogP) is 2.08. The first-order valence-electron chi connectivity index (χ1n) is 8.35. The molecule has 0 saturated heterocycles. The van der Waals surface area contributed by atoms with E-state index < -0.39 is 11.7 Å². The first kappa shape index (κ1) is 19.4. The van der Waals surface area contributed by atoms with Gasteiger partial charge in [0.25, 0.3) is 11.7 Å². The van der Waals surface area contributed by atoms with Crippen molar-refractivity contribution in [2.75, 3.05) is 20.7 Å². The third-order valence-corrected chi connectivity index (χ3v) is 4.16. The number of carbonyl (C=O) groups is 3. The van der Waals surface area contributed by atoms with Gasteiger partial charge in [-0.05, 0) is 32.4 Å². The fourth-order valence-corrected chi connectivity index (χ4v) is 2.74. The van der Waals surface area contributed by atoms with Gasteiger partial charge in [0.15, 0.2) is 0 Å². The predicted molar refractivity (Wildman–Crippen MR) is 96.3 cm³/mol. The minimum absolute atomic E-state index is 0.201. The number of nitrogens with zero attached hydrogens (tertiary/aromatic N) is 3. The molecule has 1 heterocycles. The van der Waals surface area contributed by atoms with Crippen LogP contribution in [-0.2, 0) is 14.3 Å². The Morgan fingerprint density at radius 3 is 2.42 bits per heavy atom. The number of hydrogen-bond acceptors (Lipinski definition) is 5. The molecule has 0 bridgehead atoms. The molecule has 0 atom stereocenters. The molecular weight excluding hydrogens is 334 g/mol. The number of carbonyl (C=O) groups excluding carboxylic acids is 3. The van der Waals surface area contributed by atoms with Gasteiger partial charge in [0.05, 0.1) is 29.7 Å². The molecule has 7 nitrogen and oxygen atoms in total. The van der Waals surface area contributed by atoms with Crippen LogP contribution in [-0.4, -0.2) is 53.0 Å². The SMILES string of the molecule is COC(=O)CCCN(C)C(=O)C(=O)c1c(C)nn(-c2ccccc2)c1C. The number of Topliss-reactive ketones (excluding diaryl/α,β-unsaturated/α-hetero) is 1. The van der Waals surface area contributed by atoms with Crippen molar-refractivity contribution in [3.8, 4) is 5.69 Å². The van der Waals surface area contributed by atoms with Crippen LogP contribution < -0.4 is 0 Å². The third-order valence-electron chi connectivity index (χ3n) is 4.16. The maximum atomic E-state index is 12.7. The average molecular weight is 357 g/mol. The van der Waals surface area contributed by atoms with Crippen molar-refractivity contribution in [2.45, 2.75) is 26.7 Å². The molecule has 26 heavy (non-hydrogen) atoms. The molecule has 0 N–H and O–H groups in total. The van der Waals surface area contributed by atoms with Gasteiger partial charge >= 0.3 is 5.97 Å². The Balaban J connectivity index is 2.15. The molecule has 2 aromatic rings. The summed E-state index contributed by atoms with van der Waals surface area (Å²) in [4.78, 5) is 37.6. The number of ketones is 1. The van der Waals surface area contributed by atoms with Gasteiger partial charge in [-0.3, -0.25) is 14.4 Å². The van der Waals surface area contributed by atoms with Crippen LogP contribution >= 0.6 is 0 Å². The number of amides is 1. The molecule has 1 amide bonds. The molecule has 0 fully saturated rings. The van der Waals surface area contributed by atoms with Gasteiger partial charge in [-0.2, -0.15) is 5.10 Å². The molecule has 0 unspecified atom stereocenters. The van der Waals surface area contributed by atoms with E-state index in [2.05, 4.69) is 9.84 Å². The van der Waals surface area contributed by atoms with E-state index in [1.54, 1.807) is 25.6 Å². The quantitative estimate of drug-likeness (QED) is 0.430. The van der Waals surface area contributed by atoms with Gasteiger partial charge < -0.3 is 9.64 Å². The third kappa shape index (κ3) is 4.17. The van der Waals surface area contributed by atoms with Crippen molar-refractivity contribution in [1.29, 1.82) is 0 Å². The topological polar surface area (TPSA) is 81.5 Å². The van der Waals surface area contributed by atoms with Gasteiger partial charge in [0, 0.05) is 20.0 Å². The summed E-state index contributed by atoms with van der Waals surface area (Å²) in [6.45, 7) is 3.78. The Morgan fingerprint density at radius 1 is 1.15 bits per heavy atom. The molecule has 0 aliphatic rings. The molecule has 0 aliphatic carbocycles. The van der Waals surface area contributed by atoms with Crippen LogP contribution in [0.2, 0.25) is 0 Å². The van der Waals surface area contributed by atoms with Crippen molar-refractivity contribution >= 4 is 17.7 Å². The van der Waals surface area contributed by atoms with Gasteiger partial charge in [-0.15, -0.1) is 0 Å². The van der Waals surface area contributed by atoms with E-state index in [1.165, 1.54) is 12.0 Å². The number of methoxy groups -OCH3 is 1. The van der Waals surface area contributed by atoms with Gasteiger partial charge in [0.2, 0.25) is 0 Å². The zero-order chi connectivity index (χ0) is 19.3. The first-order chi connectivity index (χ1) is 12.4. The standard InChI is InChI=1S/C19H23N3O4/c1-13-17(14(2)22(20-13)15-9-6-5-7-10-15)18(24)19(25)21(3)12-8-11-16(23)26-4/h5-7,9-10H,8,11-12H2,1-4H3. The van der Waals surface area contributed by atoms with Gasteiger partial charge in [-0.25, -0.2) is 4.68 Å². The lowest BCUT2D eigenvalue weighted by Crippen LogP contribution is -2.34. The first-order valence-corrected chi connectivity index (χ1v) is 8.35. The number of ether oxygens (including phenoxy) is 1. The summed E-state index contributed by atoms with van der Waals surface area (Å²) in [6.07, 6.45) is 0.635. The monoisotopic (exact) mass is 357 g/mol. The van der Waals surface area contributed by atoms with Crippen molar-refractivity contribution in [2.24, 2.45) is 0 Å². The highest BCUT2D eigenvalue weighted by molar-refractivity contribution is 6.43. The van der Waals surface area contributed by atoms with Gasteiger partial charge in [-0.1, -0.05) is 18.2 Å². The Kier molecular flexibility index (Phi) is 6.27. The van der Waals surface area contributed by atoms with E-state index >= 15 is 0 Å². The highest BCUT2D eigenvalue weighted by Crippen LogP contribution is 2.19. The van der Waals surface area contributed by atoms with Crippen LogP contribution in [0.4, 0.5) is 0 Å². The van der Waals surface area contributed by atoms with Crippen LogP contribution in [0.3, 0.4) is 0 Å². The summed E-state index contributed by atoms with van der Waals surface area (Å²) in [7, 11) is 2.86. The van der Waals surface area contributed by atoms with E-state index in [1.807, 2.05) is 30.3 Å². The molecule has 0 radical (unpaired) electrons. The van der Waals surface area contributed by atoms with Gasteiger partial charge in [0.1, 0.15) is 0 Å². The second-order valence-electron chi connectivity index (χ2n) is 6.03. The van der Waals surface area contributed by atoms with E-state index in [9.17, 15) is 14.4 Å². The molecule has 1 aromatic carbocycles. The van der Waals surface area contributed by atoms with Crippen molar-refractivity contribution in [1.82, 2.24) is 14.7 Å². The zero-order valence-electron chi connectivity index (χ0n) is 15.5. The lowest BCUT2D eigenvalue weighted by molar-refractivity contribution is -0.141. The molecule has 0 aliphatic heterocycles. The Bertz CT molecular complexity index is 812.